The molecule has 1 amide bonds. The lowest BCUT2D eigenvalue weighted by atomic mass is 9.86. The maximum atomic E-state index is 12.2. The summed E-state index contributed by atoms with van der Waals surface area (Å²) in [6.07, 6.45) is 4.26. The largest absolute Gasteiger partial charge is 0.447 e. The van der Waals surface area contributed by atoms with E-state index in [0.29, 0.717) is 6.04 Å². The number of nitrogens with zero attached hydrogens (tertiary/aromatic N) is 2. The fourth-order valence-corrected chi connectivity index (χ4v) is 3.62. The lowest BCUT2D eigenvalue weighted by molar-refractivity contribution is 0.0637. The molecule has 22 heavy (non-hydrogen) atoms. The van der Waals surface area contributed by atoms with Crippen molar-refractivity contribution >= 4 is 6.09 Å². The predicted molar refractivity (Wildman–Crippen MR) is 89.1 cm³/mol. The summed E-state index contributed by atoms with van der Waals surface area (Å²) in [5, 5.41) is 3.22. The van der Waals surface area contributed by atoms with Gasteiger partial charge < -0.3 is 19.9 Å². The minimum atomic E-state index is -0.257. The van der Waals surface area contributed by atoms with Crippen LogP contribution in [0.15, 0.2) is 0 Å². The summed E-state index contributed by atoms with van der Waals surface area (Å²) in [6, 6.07) is 0.576. The molecule has 2 rings (SSSR count). The Kier molecular flexibility index (Phi) is 6.09. The van der Waals surface area contributed by atoms with Crippen molar-refractivity contribution in [3.8, 4) is 0 Å². The molecule has 0 saturated carbocycles. The molecule has 2 saturated heterocycles. The number of amides is 1. The number of carbonyl (C=O) groups is 1. The van der Waals surface area contributed by atoms with Crippen molar-refractivity contribution in [3.05, 3.63) is 0 Å². The number of hydrogen-bond acceptors (Lipinski definition) is 4. The molecule has 2 aliphatic rings. The SMILES string of the molecule is CC(C)OC(=O)NC1(CN2CCCC2)CCN(C(C)C)CC1. The van der Waals surface area contributed by atoms with E-state index in [1.807, 2.05) is 13.8 Å². The van der Waals surface area contributed by atoms with Gasteiger partial charge in [0.05, 0.1) is 11.6 Å². The van der Waals surface area contributed by atoms with E-state index < -0.39 is 0 Å². The summed E-state index contributed by atoms with van der Waals surface area (Å²) in [6.45, 7) is 13.7. The minimum Gasteiger partial charge on any atom is -0.447 e. The average Bonchev–Trinajstić information content (AvgIpc) is 2.90. The van der Waals surface area contributed by atoms with Crippen molar-refractivity contribution in [2.75, 3.05) is 32.7 Å². The summed E-state index contributed by atoms with van der Waals surface area (Å²) in [5.41, 5.74) is -0.123. The van der Waals surface area contributed by atoms with Gasteiger partial charge in [0.15, 0.2) is 0 Å². The van der Waals surface area contributed by atoms with Crippen LogP contribution in [0.3, 0.4) is 0 Å². The molecule has 0 radical (unpaired) electrons. The van der Waals surface area contributed by atoms with Crippen LogP contribution in [0.25, 0.3) is 0 Å². The molecule has 0 aromatic rings. The number of hydrogen-bond donors (Lipinski definition) is 1. The van der Waals surface area contributed by atoms with Crippen LogP contribution in [0.1, 0.15) is 53.4 Å². The monoisotopic (exact) mass is 311 g/mol. The quantitative estimate of drug-likeness (QED) is 0.847. The van der Waals surface area contributed by atoms with Gasteiger partial charge in [-0.05, 0) is 66.5 Å². The maximum Gasteiger partial charge on any atom is 0.407 e. The van der Waals surface area contributed by atoms with E-state index in [1.165, 1.54) is 12.8 Å². The predicted octanol–water partition coefficient (Wildman–Crippen LogP) is 2.46. The molecule has 0 aliphatic carbocycles. The van der Waals surface area contributed by atoms with Crippen LogP contribution in [0.5, 0.6) is 0 Å². The van der Waals surface area contributed by atoms with Gasteiger partial charge in [0.2, 0.25) is 0 Å². The zero-order valence-electron chi connectivity index (χ0n) is 14.7. The minimum absolute atomic E-state index is 0.0698. The number of alkyl carbamates (subject to hydrolysis) is 1. The van der Waals surface area contributed by atoms with Gasteiger partial charge in [0.1, 0.15) is 0 Å². The second kappa shape index (κ2) is 7.64. The maximum absolute atomic E-state index is 12.2. The Balaban J connectivity index is 1.99. The fourth-order valence-electron chi connectivity index (χ4n) is 3.62. The van der Waals surface area contributed by atoms with Crippen LogP contribution < -0.4 is 5.32 Å². The molecule has 2 aliphatic heterocycles. The second-order valence-electron chi connectivity index (χ2n) is 7.47. The van der Waals surface area contributed by atoms with E-state index in [1.54, 1.807) is 0 Å². The molecule has 5 heteroatoms. The Morgan fingerprint density at radius 1 is 1.09 bits per heavy atom. The van der Waals surface area contributed by atoms with Gasteiger partial charge in [-0.25, -0.2) is 4.79 Å². The molecule has 5 nitrogen and oxygen atoms in total. The van der Waals surface area contributed by atoms with Crippen LogP contribution in [-0.2, 0) is 4.74 Å². The first-order valence-electron chi connectivity index (χ1n) is 8.85. The van der Waals surface area contributed by atoms with E-state index >= 15 is 0 Å². The summed E-state index contributed by atoms with van der Waals surface area (Å²) in [4.78, 5) is 17.1. The van der Waals surface area contributed by atoms with E-state index in [0.717, 1.165) is 45.6 Å². The molecular formula is C17H33N3O2. The fraction of sp³-hybridized carbons (Fsp3) is 0.941. The first-order chi connectivity index (χ1) is 10.4. The number of carbonyl (C=O) groups excluding carboxylic acids is 1. The normalized spacial score (nSPS) is 23.2. The zero-order valence-corrected chi connectivity index (χ0v) is 14.7. The summed E-state index contributed by atoms with van der Waals surface area (Å²) < 4.78 is 5.33. The van der Waals surface area contributed by atoms with Gasteiger partial charge >= 0.3 is 6.09 Å². The van der Waals surface area contributed by atoms with Crippen molar-refractivity contribution in [1.82, 2.24) is 15.1 Å². The van der Waals surface area contributed by atoms with Gasteiger partial charge in [0.25, 0.3) is 0 Å². The molecule has 0 atom stereocenters. The molecule has 1 N–H and O–H groups in total. The third-order valence-electron chi connectivity index (χ3n) is 4.92. The lowest BCUT2D eigenvalue weighted by Crippen LogP contribution is -2.61. The van der Waals surface area contributed by atoms with Crippen LogP contribution in [0.2, 0.25) is 0 Å². The van der Waals surface area contributed by atoms with Crippen molar-refractivity contribution in [3.63, 3.8) is 0 Å². The molecule has 0 spiro atoms. The number of nitrogens with one attached hydrogen (secondary N) is 1. The summed E-state index contributed by atoms with van der Waals surface area (Å²) >= 11 is 0. The summed E-state index contributed by atoms with van der Waals surface area (Å²) in [7, 11) is 0. The third kappa shape index (κ3) is 4.85. The zero-order chi connectivity index (χ0) is 16.2. The van der Waals surface area contributed by atoms with Crippen LogP contribution in [0, 0.1) is 0 Å². The Hall–Kier alpha value is -0.810. The average molecular weight is 311 g/mol. The third-order valence-corrected chi connectivity index (χ3v) is 4.92. The van der Waals surface area contributed by atoms with Gasteiger partial charge in [0, 0.05) is 25.7 Å². The summed E-state index contributed by atoms with van der Waals surface area (Å²) in [5.74, 6) is 0. The molecular weight excluding hydrogens is 278 g/mol. The van der Waals surface area contributed by atoms with Gasteiger partial charge in [-0.1, -0.05) is 0 Å². The Bertz CT molecular complexity index is 357. The van der Waals surface area contributed by atoms with Crippen molar-refractivity contribution in [1.29, 1.82) is 0 Å². The van der Waals surface area contributed by atoms with Crippen LogP contribution in [0.4, 0.5) is 4.79 Å². The van der Waals surface area contributed by atoms with Crippen molar-refractivity contribution < 1.29 is 9.53 Å². The van der Waals surface area contributed by atoms with E-state index in [-0.39, 0.29) is 17.7 Å². The Labute approximate surface area is 135 Å². The first kappa shape index (κ1) is 17.5. The van der Waals surface area contributed by atoms with E-state index in [4.69, 9.17) is 4.74 Å². The van der Waals surface area contributed by atoms with Crippen LogP contribution >= 0.6 is 0 Å². The lowest BCUT2D eigenvalue weighted by Gasteiger charge is -2.45. The van der Waals surface area contributed by atoms with Gasteiger partial charge in [-0.3, -0.25) is 0 Å². The highest BCUT2D eigenvalue weighted by molar-refractivity contribution is 5.68. The molecule has 0 aromatic heterocycles. The molecule has 2 fully saturated rings. The molecule has 2 heterocycles. The van der Waals surface area contributed by atoms with E-state index in [9.17, 15) is 4.79 Å². The second-order valence-corrected chi connectivity index (χ2v) is 7.47. The molecule has 0 bridgehead atoms. The molecule has 0 unspecified atom stereocenters. The highest BCUT2D eigenvalue weighted by Gasteiger charge is 2.39. The number of rotatable bonds is 5. The Morgan fingerprint density at radius 2 is 1.68 bits per heavy atom. The van der Waals surface area contributed by atoms with Gasteiger partial charge in [-0.15, -0.1) is 0 Å². The van der Waals surface area contributed by atoms with Crippen LogP contribution in [-0.4, -0.2) is 66.3 Å². The number of likely N-dealkylation sites (tertiary alicyclic amines) is 2. The highest BCUT2D eigenvalue weighted by atomic mass is 16.6. The van der Waals surface area contributed by atoms with Gasteiger partial charge in [-0.2, -0.15) is 0 Å². The Morgan fingerprint density at radius 3 is 2.18 bits per heavy atom. The van der Waals surface area contributed by atoms with Crippen molar-refractivity contribution in [2.24, 2.45) is 0 Å². The smallest absolute Gasteiger partial charge is 0.407 e. The topological polar surface area (TPSA) is 44.8 Å². The molecule has 0 aromatic carbocycles. The molecule has 128 valence electrons. The van der Waals surface area contributed by atoms with Crippen molar-refractivity contribution in [2.45, 2.75) is 71.1 Å². The standard InChI is InChI=1S/C17H33N3O2/c1-14(2)20-11-7-17(8-12-20,13-19-9-5-6-10-19)18-16(21)22-15(3)4/h14-15H,5-13H2,1-4H3,(H,18,21). The van der Waals surface area contributed by atoms with E-state index in [2.05, 4.69) is 29.0 Å². The highest BCUT2D eigenvalue weighted by Crippen LogP contribution is 2.26. The number of ether oxygens (including phenoxy) is 1. The first-order valence-corrected chi connectivity index (χ1v) is 8.85. The number of piperidine rings is 1.